The Hall–Kier alpha value is -4.20. The maximum atomic E-state index is 12.2. The normalized spacial score (nSPS) is 9.80. The molecule has 1 aromatic rings. The molecule has 0 bridgehead atoms. The lowest BCUT2D eigenvalue weighted by molar-refractivity contribution is 0.0619. The van der Waals surface area contributed by atoms with E-state index in [0.29, 0.717) is 0 Å². The summed E-state index contributed by atoms with van der Waals surface area (Å²) in [6.45, 7) is 0. The van der Waals surface area contributed by atoms with Crippen molar-refractivity contribution in [2.24, 2.45) is 0 Å². The van der Waals surface area contributed by atoms with Crippen LogP contribution in [0.4, 0.5) is 0 Å². The van der Waals surface area contributed by atoms with Gasteiger partial charge in [-0.25, -0.2) is 32.9 Å². The highest BCUT2D eigenvalue weighted by Gasteiger charge is 2.40. The lowest BCUT2D eigenvalue weighted by Gasteiger charge is -2.21. The molecule has 0 saturated carbocycles. The van der Waals surface area contributed by atoms with Crippen molar-refractivity contribution in [2.45, 2.75) is 0 Å². The molecule has 1 rings (SSSR count). The van der Waals surface area contributed by atoms with Crippen molar-refractivity contribution in [2.75, 3.05) is 0 Å². The first kappa shape index (κ1) is 23.8. The number of hydroxylamine groups is 6. The molecular weight excluding hydrogens is 420 g/mol. The number of carbonyl (C=O) groups excluding carboxylic acids is 6. The smallest absolute Gasteiger partial charge is 0.276 e. The van der Waals surface area contributed by atoms with Crippen LogP contribution in [0.2, 0.25) is 0 Å². The van der Waals surface area contributed by atoms with E-state index in [2.05, 4.69) is 0 Å². The van der Waals surface area contributed by atoms with E-state index >= 15 is 0 Å². The van der Waals surface area contributed by atoms with Gasteiger partial charge >= 0.3 is 0 Å². The lowest BCUT2D eigenvalue weighted by Crippen LogP contribution is -2.40. The van der Waals surface area contributed by atoms with Crippen molar-refractivity contribution < 1.29 is 60.0 Å². The van der Waals surface area contributed by atoms with Crippen LogP contribution in [0.1, 0.15) is 62.1 Å². The van der Waals surface area contributed by atoms with E-state index in [-0.39, 0.29) is 0 Å². The third-order valence-corrected chi connectivity index (χ3v) is 3.47. The van der Waals surface area contributed by atoms with Gasteiger partial charge in [0.05, 0.1) is 33.4 Å². The van der Waals surface area contributed by atoms with E-state index in [1.165, 1.54) is 0 Å². The molecule has 6 amide bonds. The standard InChI is InChI=1S/C12H12N6O12/c19-7(13-25)1-2(8(20)14-26)4(10(22)16-28)6(12(24)18-30)5(11(23)17-29)3(1)9(21)15-27/h25-30H,(H,13,19)(H,14,20)(H,15,21)(H,16,22)(H,17,23)(H,18,24). The molecule has 18 heteroatoms. The van der Waals surface area contributed by atoms with Crippen molar-refractivity contribution in [1.29, 1.82) is 0 Å². The first-order valence-electron chi connectivity index (χ1n) is 7.07. The van der Waals surface area contributed by atoms with Gasteiger partial charge in [0.15, 0.2) is 0 Å². The van der Waals surface area contributed by atoms with Crippen molar-refractivity contribution in [3.8, 4) is 0 Å². The third kappa shape index (κ3) is 3.97. The summed E-state index contributed by atoms with van der Waals surface area (Å²) in [7, 11) is 0. The predicted molar refractivity (Wildman–Crippen MR) is 82.0 cm³/mol. The summed E-state index contributed by atoms with van der Waals surface area (Å²) in [6, 6.07) is 0. The van der Waals surface area contributed by atoms with Gasteiger partial charge in [0.2, 0.25) is 0 Å². The second kappa shape index (κ2) is 9.83. The molecule has 0 spiro atoms. The van der Waals surface area contributed by atoms with Gasteiger partial charge in [0.1, 0.15) is 0 Å². The van der Waals surface area contributed by atoms with Crippen molar-refractivity contribution >= 4 is 35.4 Å². The lowest BCUT2D eigenvalue weighted by atomic mass is 9.84. The number of hydrogen-bond acceptors (Lipinski definition) is 12. The highest BCUT2D eigenvalue weighted by Crippen LogP contribution is 2.30. The number of rotatable bonds is 6. The van der Waals surface area contributed by atoms with Gasteiger partial charge in [-0.2, -0.15) is 0 Å². The quantitative estimate of drug-likeness (QED) is 0.153. The molecule has 162 valence electrons. The largest absolute Gasteiger partial charge is 0.288 e. The van der Waals surface area contributed by atoms with Crippen LogP contribution in [-0.4, -0.2) is 66.7 Å². The number of benzene rings is 1. The summed E-state index contributed by atoms with van der Waals surface area (Å²) in [5.41, 5.74) is -2.70. The van der Waals surface area contributed by atoms with Crippen LogP contribution in [0.3, 0.4) is 0 Å². The van der Waals surface area contributed by atoms with E-state index in [9.17, 15) is 28.8 Å². The Morgan fingerprint density at radius 1 is 0.333 bits per heavy atom. The van der Waals surface area contributed by atoms with Gasteiger partial charge in [-0.3, -0.25) is 60.0 Å². The summed E-state index contributed by atoms with van der Waals surface area (Å²) in [4.78, 5) is 72.9. The van der Waals surface area contributed by atoms with Gasteiger partial charge in [-0.05, 0) is 0 Å². The molecule has 0 atom stereocenters. The molecular formula is C12H12N6O12. The van der Waals surface area contributed by atoms with Gasteiger partial charge in [-0.1, -0.05) is 0 Å². The van der Waals surface area contributed by atoms with E-state index in [1.54, 1.807) is 0 Å². The molecule has 0 heterocycles. The van der Waals surface area contributed by atoms with Crippen LogP contribution in [0.25, 0.3) is 0 Å². The number of carbonyl (C=O) groups is 6. The zero-order valence-electron chi connectivity index (χ0n) is 14.1. The topological polar surface area (TPSA) is 296 Å². The molecule has 0 aliphatic heterocycles. The predicted octanol–water partition coefficient (Wildman–Crippen LogP) is -3.60. The Balaban J connectivity index is 4.61. The second-order valence-corrected chi connectivity index (χ2v) is 4.90. The summed E-state index contributed by atoms with van der Waals surface area (Å²) in [5, 5.41) is 53.6. The van der Waals surface area contributed by atoms with E-state index in [1.807, 2.05) is 0 Å². The molecule has 0 aromatic heterocycles. The summed E-state index contributed by atoms with van der Waals surface area (Å²) in [6.07, 6.45) is 0. The average molecular weight is 432 g/mol. The Labute approximate surface area is 162 Å². The van der Waals surface area contributed by atoms with Crippen molar-refractivity contribution in [1.82, 2.24) is 32.9 Å². The van der Waals surface area contributed by atoms with Crippen LogP contribution >= 0.6 is 0 Å². The van der Waals surface area contributed by atoms with E-state index < -0.39 is 68.8 Å². The number of amides is 6. The molecule has 0 aliphatic carbocycles. The number of nitrogens with one attached hydrogen (secondary N) is 6. The van der Waals surface area contributed by atoms with Gasteiger partial charge in [0.25, 0.3) is 35.4 Å². The highest BCUT2D eigenvalue weighted by molar-refractivity contribution is 6.26. The van der Waals surface area contributed by atoms with Crippen molar-refractivity contribution in [3.05, 3.63) is 33.4 Å². The molecule has 1 aromatic carbocycles. The van der Waals surface area contributed by atoms with Gasteiger partial charge in [0, 0.05) is 0 Å². The molecule has 30 heavy (non-hydrogen) atoms. The minimum atomic E-state index is -1.80. The average Bonchev–Trinajstić information content (AvgIpc) is 2.78. The molecule has 18 nitrogen and oxygen atoms in total. The highest BCUT2D eigenvalue weighted by atomic mass is 16.5. The van der Waals surface area contributed by atoms with Gasteiger partial charge < -0.3 is 0 Å². The summed E-state index contributed by atoms with van der Waals surface area (Å²) < 4.78 is 0. The van der Waals surface area contributed by atoms with Crippen molar-refractivity contribution in [3.63, 3.8) is 0 Å². The maximum Gasteiger partial charge on any atom is 0.276 e. The fraction of sp³-hybridized carbons (Fsp3) is 0. The Bertz CT molecular complexity index is 731. The Morgan fingerprint density at radius 2 is 0.433 bits per heavy atom. The zero-order valence-corrected chi connectivity index (χ0v) is 14.1. The minimum Gasteiger partial charge on any atom is -0.288 e. The monoisotopic (exact) mass is 432 g/mol. The first-order chi connectivity index (χ1) is 14.2. The molecule has 0 unspecified atom stereocenters. The molecule has 0 fully saturated rings. The van der Waals surface area contributed by atoms with E-state index in [4.69, 9.17) is 31.2 Å². The zero-order chi connectivity index (χ0) is 23.2. The summed E-state index contributed by atoms with van der Waals surface area (Å²) >= 11 is 0. The third-order valence-electron chi connectivity index (χ3n) is 3.47. The van der Waals surface area contributed by atoms with Crippen LogP contribution in [0.5, 0.6) is 0 Å². The molecule has 0 aliphatic rings. The van der Waals surface area contributed by atoms with Gasteiger partial charge in [-0.15, -0.1) is 0 Å². The molecule has 12 N–H and O–H groups in total. The molecule has 0 radical (unpaired) electrons. The van der Waals surface area contributed by atoms with Crippen LogP contribution in [-0.2, 0) is 0 Å². The van der Waals surface area contributed by atoms with Crippen LogP contribution in [0, 0.1) is 0 Å². The molecule has 0 saturated heterocycles. The summed E-state index contributed by atoms with van der Waals surface area (Å²) in [5.74, 6) is -10.8. The fourth-order valence-corrected chi connectivity index (χ4v) is 2.45. The fourth-order valence-electron chi connectivity index (χ4n) is 2.45. The number of hydrogen-bond donors (Lipinski definition) is 12. The Morgan fingerprint density at radius 3 is 0.500 bits per heavy atom. The first-order valence-corrected chi connectivity index (χ1v) is 7.07. The SMILES string of the molecule is O=C(NO)c1c(C(=O)NO)c(C(=O)NO)c(C(=O)NO)c(C(=O)NO)c1C(=O)NO. The Kier molecular flexibility index (Phi) is 7.81. The second-order valence-electron chi connectivity index (χ2n) is 4.90. The van der Waals surface area contributed by atoms with Crippen LogP contribution < -0.4 is 32.9 Å². The van der Waals surface area contributed by atoms with Crippen LogP contribution in [0.15, 0.2) is 0 Å². The minimum absolute atomic E-state index is 0.950. The maximum absolute atomic E-state index is 12.2. The van der Waals surface area contributed by atoms with E-state index in [0.717, 1.165) is 32.9 Å².